The van der Waals surface area contributed by atoms with E-state index < -0.39 is 11.9 Å². The highest BCUT2D eigenvalue weighted by molar-refractivity contribution is 5.78. The van der Waals surface area contributed by atoms with Crippen molar-refractivity contribution >= 4 is 12.0 Å². The van der Waals surface area contributed by atoms with Gasteiger partial charge in [0, 0.05) is 24.7 Å². The normalized spacial score (nSPS) is 37.8. The Morgan fingerprint density at radius 2 is 1.70 bits per heavy atom. The molecule has 0 aromatic carbocycles. The third-order valence-electron chi connectivity index (χ3n) is 6.40. The molecule has 27 heavy (non-hydrogen) atoms. The van der Waals surface area contributed by atoms with Crippen molar-refractivity contribution in [3.05, 3.63) is 0 Å². The van der Waals surface area contributed by atoms with Crippen LogP contribution in [0.15, 0.2) is 0 Å². The van der Waals surface area contributed by atoms with Crippen LogP contribution in [0, 0.1) is 28.6 Å². The third kappa shape index (κ3) is 4.40. The first-order valence-electron chi connectivity index (χ1n) is 10.00. The van der Waals surface area contributed by atoms with E-state index in [1.807, 2.05) is 5.43 Å². The predicted molar refractivity (Wildman–Crippen MR) is 99.7 cm³/mol. The van der Waals surface area contributed by atoms with Crippen LogP contribution in [0.5, 0.6) is 0 Å². The Balaban J connectivity index is 1.56. The molecule has 7 nitrogen and oxygen atoms in total. The highest BCUT2D eigenvalue weighted by atomic mass is 16.7. The van der Waals surface area contributed by atoms with Crippen molar-refractivity contribution in [2.24, 2.45) is 28.6 Å². The Bertz CT molecular complexity index is 584. The van der Waals surface area contributed by atoms with Crippen LogP contribution in [0.4, 0.5) is 4.79 Å². The third-order valence-corrected chi connectivity index (χ3v) is 6.40. The summed E-state index contributed by atoms with van der Waals surface area (Å²) in [6.45, 7) is 11.8. The molecule has 0 radical (unpaired) electrons. The molecule has 2 unspecified atom stereocenters. The van der Waals surface area contributed by atoms with Crippen LogP contribution in [0.25, 0.3) is 0 Å². The second-order valence-electron chi connectivity index (χ2n) is 10.5. The van der Waals surface area contributed by atoms with Crippen molar-refractivity contribution in [1.82, 2.24) is 10.9 Å². The van der Waals surface area contributed by atoms with Gasteiger partial charge in [-0.05, 0) is 36.0 Å². The first-order chi connectivity index (χ1) is 12.4. The Kier molecular flexibility index (Phi) is 5.23. The average molecular weight is 383 g/mol. The van der Waals surface area contributed by atoms with E-state index in [0.29, 0.717) is 30.8 Å². The second-order valence-corrected chi connectivity index (χ2v) is 10.5. The van der Waals surface area contributed by atoms with E-state index in [1.165, 1.54) is 0 Å². The molecule has 3 aliphatic rings. The average Bonchev–Trinajstić information content (AvgIpc) is 3.02. The van der Waals surface area contributed by atoms with Crippen LogP contribution >= 0.6 is 0 Å². The summed E-state index contributed by atoms with van der Waals surface area (Å²) in [5, 5.41) is 8.56. The minimum absolute atomic E-state index is 0.0149. The number of ether oxygens (including phenoxy) is 2. The van der Waals surface area contributed by atoms with Crippen molar-refractivity contribution in [2.45, 2.75) is 78.6 Å². The molecule has 1 saturated heterocycles. The summed E-state index contributed by atoms with van der Waals surface area (Å²) in [5.41, 5.74) is 4.18. The number of hydrogen-bond acceptors (Lipinski definition) is 4. The van der Waals surface area contributed by atoms with E-state index in [0.717, 1.165) is 25.7 Å². The number of carbonyl (C=O) groups excluding carboxylic acids is 1. The fraction of sp³-hybridized carbons (Fsp3) is 0.900. The molecule has 3 rings (SSSR count). The number of rotatable bonds is 2. The fourth-order valence-electron chi connectivity index (χ4n) is 5.69. The van der Waals surface area contributed by atoms with E-state index in [9.17, 15) is 9.59 Å². The Hall–Kier alpha value is -1.34. The summed E-state index contributed by atoms with van der Waals surface area (Å²) >= 11 is 0. The molecule has 7 heteroatoms. The number of fused-ring (bicyclic) bond motifs is 1. The number of carboxylic acid groups (broad SMARTS) is 1. The van der Waals surface area contributed by atoms with Gasteiger partial charge in [0.25, 0.3) is 0 Å². The number of amides is 2. The van der Waals surface area contributed by atoms with Crippen LogP contribution < -0.4 is 10.9 Å². The van der Waals surface area contributed by atoms with Gasteiger partial charge in [0.2, 0.25) is 5.91 Å². The lowest BCUT2D eigenvalue weighted by molar-refractivity contribution is -0.345. The van der Waals surface area contributed by atoms with Gasteiger partial charge >= 0.3 is 6.09 Å². The predicted octanol–water partition coefficient (Wildman–Crippen LogP) is 3.30. The number of nitrogens with one attached hydrogen (secondary N) is 2. The standard InChI is InChI=1S/C20H34N2O5/c1-18(2,3)16-19(4,5)11-26-20(27-16)9-13-6-12(7-14(13)10-20)8-15(23)21-22-17(24)25/h12-14,16,22H,6-11H2,1-5H3,(H,21,23)(H,24,25)/t12?,13?,14?,16-,20?/m1/s1. The summed E-state index contributed by atoms with van der Waals surface area (Å²) in [6, 6.07) is 0. The maximum absolute atomic E-state index is 11.9. The van der Waals surface area contributed by atoms with E-state index >= 15 is 0 Å². The lowest BCUT2D eigenvalue weighted by Gasteiger charge is -2.52. The van der Waals surface area contributed by atoms with Crippen molar-refractivity contribution < 1.29 is 24.2 Å². The summed E-state index contributed by atoms with van der Waals surface area (Å²) < 4.78 is 13.0. The molecule has 3 N–H and O–H groups in total. The van der Waals surface area contributed by atoms with Gasteiger partial charge in [0.1, 0.15) is 0 Å². The van der Waals surface area contributed by atoms with E-state index in [4.69, 9.17) is 14.6 Å². The van der Waals surface area contributed by atoms with Crippen LogP contribution in [0.3, 0.4) is 0 Å². The lowest BCUT2D eigenvalue weighted by atomic mass is 9.72. The van der Waals surface area contributed by atoms with E-state index in [1.54, 1.807) is 0 Å². The maximum atomic E-state index is 11.9. The summed E-state index contributed by atoms with van der Waals surface area (Å²) in [7, 11) is 0. The zero-order chi connectivity index (χ0) is 20.0. The van der Waals surface area contributed by atoms with Gasteiger partial charge < -0.3 is 14.6 Å². The molecular weight excluding hydrogens is 348 g/mol. The zero-order valence-corrected chi connectivity index (χ0v) is 17.1. The molecule has 0 bridgehead atoms. The number of carbonyl (C=O) groups is 2. The quantitative estimate of drug-likeness (QED) is 0.637. The minimum Gasteiger partial charge on any atom is -0.464 e. The highest BCUT2D eigenvalue weighted by Gasteiger charge is 2.57. The van der Waals surface area contributed by atoms with Crippen molar-refractivity contribution in [3.63, 3.8) is 0 Å². The summed E-state index contributed by atoms with van der Waals surface area (Å²) in [6.07, 6.45) is 2.99. The molecule has 0 aromatic heterocycles. The van der Waals surface area contributed by atoms with Gasteiger partial charge in [-0.1, -0.05) is 34.6 Å². The number of hydrogen-bond donors (Lipinski definition) is 3. The summed E-state index contributed by atoms with van der Waals surface area (Å²) in [4.78, 5) is 22.3. The summed E-state index contributed by atoms with van der Waals surface area (Å²) in [5.74, 6) is 0.582. The SMILES string of the molecule is CC(C)(C)[C@H]1OC2(CC3CC(CC(=O)NNC(=O)O)CC3C2)OCC1(C)C. The molecule has 1 spiro atoms. The van der Waals surface area contributed by atoms with Crippen LogP contribution in [-0.4, -0.2) is 35.6 Å². The molecule has 3 atom stereocenters. The van der Waals surface area contributed by atoms with Gasteiger partial charge in [-0.25, -0.2) is 10.2 Å². The zero-order valence-electron chi connectivity index (χ0n) is 17.1. The van der Waals surface area contributed by atoms with Gasteiger partial charge in [-0.3, -0.25) is 10.2 Å². The molecule has 0 aromatic rings. The molecule has 2 aliphatic carbocycles. The van der Waals surface area contributed by atoms with E-state index in [2.05, 4.69) is 40.0 Å². The molecule has 1 aliphatic heterocycles. The van der Waals surface area contributed by atoms with E-state index in [-0.39, 0.29) is 22.8 Å². The van der Waals surface area contributed by atoms with Crippen molar-refractivity contribution in [1.29, 1.82) is 0 Å². The lowest BCUT2D eigenvalue weighted by Crippen LogP contribution is -2.56. The fourth-order valence-corrected chi connectivity index (χ4v) is 5.69. The first-order valence-corrected chi connectivity index (χ1v) is 10.00. The Labute approximate surface area is 161 Å². The smallest absolute Gasteiger partial charge is 0.423 e. The Morgan fingerprint density at radius 1 is 1.11 bits per heavy atom. The molecule has 1 heterocycles. The van der Waals surface area contributed by atoms with Crippen molar-refractivity contribution in [2.75, 3.05) is 6.61 Å². The first kappa shape index (κ1) is 20.4. The maximum Gasteiger partial charge on any atom is 0.423 e. The highest BCUT2D eigenvalue weighted by Crippen LogP contribution is 2.57. The monoisotopic (exact) mass is 382 g/mol. The molecular formula is C20H34N2O5. The molecule has 3 fully saturated rings. The number of hydrazine groups is 1. The molecule has 2 amide bonds. The van der Waals surface area contributed by atoms with Crippen LogP contribution in [0.2, 0.25) is 0 Å². The van der Waals surface area contributed by atoms with Crippen LogP contribution in [0.1, 0.15) is 66.7 Å². The van der Waals surface area contributed by atoms with Gasteiger partial charge in [-0.2, -0.15) is 0 Å². The van der Waals surface area contributed by atoms with Crippen LogP contribution in [-0.2, 0) is 14.3 Å². The van der Waals surface area contributed by atoms with Crippen molar-refractivity contribution in [3.8, 4) is 0 Å². The van der Waals surface area contributed by atoms with Gasteiger partial charge in [0.15, 0.2) is 5.79 Å². The Morgan fingerprint density at radius 3 is 2.22 bits per heavy atom. The van der Waals surface area contributed by atoms with Gasteiger partial charge in [0.05, 0.1) is 12.7 Å². The largest absolute Gasteiger partial charge is 0.464 e. The molecule has 2 saturated carbocycles. The van der Waals surface area contributed by atoms with Gasteiger partial charge in [-0.15, -0.1) is 0 Å². The second kappa shape index (κ2) is 6.92. The minimum atomic E-state index is -1.25. The topological polar surface area (TPSA) is 96.9 Å². The molecule has 154 valence electrons.